The first-order valence-electron chi connectivity index (χ1n) is 10.8. The van der Waals surface area contributed by atoms with Gasteiger partial charge in [0.15, 0.2) is 0 Å². The molecule has 1 heterocycles. The molecule has 0 N–H and O–H groups in total. The average Bonchev–Trinajstić information content (AvgIpc) is 3.09. The Morgan fingerprint density at radius 3 is 1.86 bits per heavy atom. The predicted molar refractivity (Wildman–Crippen MR) is 114 cm³/mol. The second-order valence-electron chi connectivity index (χ2n) is 9.08. The van der Waals surface area contributed by atoms with E-state index in [0.717, 1.165) is 0 Å². The van der Waals surface area contributed by atoms with Gasteiger partial charge in [-0.05, 0) is 53.4 Å². The fourth-order valence-electron chi connectivity index (χ4n) is 7.29. The molecular formula is C26H23N3. The maximum Gasteiger partial charge on any atom is 0.0988 e. The summed E-state index contributed by atoms with van der Waals surface area (Å²) in [6, 6.07) is 33.8. The van der Waals surface area contributed by atoms with Crippen molar-refractivity contribution >= 4 is 5.69 Å². The molecule has 0 amide bonds. The third-order valence-electron chi connectivity index (χ3n) is 8.11. The van der Waals surface area contributed by atoms with Gasteiger partial charge in [-0.2, -0.15) is 5.11 Å². The molecule has 3 fully saturated rings. The molecule has 29 heavy (non-hydrogen) atoms. The summed E-state index contributed by atoms with van der Waals surface area (Å²) in [7, 11) is 0. The van der Waals surface area contributed by atoms with E-state index in [-0.39, 0.29) is 5.41 Å². The summed E-state index contributed by atoms with van der Waals surface area (Å²) in [5, 5.41) is 11.7. The number of para-hydroxylation sites is 1. The van der Waals surface area contributed by atoms with E-state index in [2.05, 4.69) is 101 Å². The molecule has 3 aromatic carbocycles. The van der Waals surface area contributed by atoms with Gasteiger partial charge in [0.25, 0.3) is 0 Å². The van der Waals surface area contributed by atoms with Crippen molar-refractivity contribution in [1.82, 2.24) is 0 Å². The number of fused-ring (bicyclic) bond motifs is 8. The summed E-state index contributed by atoms with van der Waals surface area (Å²) < 4.78 is 0. The van der Waals surface area contributed by atoms with Gasteiger partial charge >= 0.3 is 0 Å². The third-order valence-corrected chi connectivity index (χ3v) is 8.11. The van der Waals surface area contributed by atoms with Crippen molar-refractivity contribution in [2.45, 2.75) is 23.9 Å². The zero-order valence-electron chi connectivity index (χ0n) is 16.2. The highest BCUT2D eigenvalue weighted by atomic mass is 15.6. The van der Waals surface area contributed by atoms with Gasteiger partial charge in [0.1, 0.15) is 0 Å². The lowest BCUT2D eigenvalue weighted by Gasteiger charge is -2.29. The van der Waals surface area contributed by atoms with Gasteiger partial charge in [0.05, 0.1) is 17.8 Å². The molecule has 1 aliphatic heterocycles. The van der Waals surface area contributed by atoms with Crippen LogP contribution in [0, 0.1) is 23.7 Å². The summed E-state index contributed by atoms with van der Waals surface area (Å²) in [6.07, 6.45) is 1.30. The summed E-state index contributed by atoms with van der Waals surface area (Å²) in [5.74, 6) is 2.65. The molecule has 0 radical (unpaired) electrons. The number of nitrogens with zero attached hydrogens (tertiary/aromatic N) is 3. The molecule has 3 aromatic rings. The fourth-order valence-corrected chi connectivity index (χ4v) is 7.29. The minimum Gasteiger partial charge on any atom is -0.242 e. The van der Waals surface area contributed by atoms with Crippen molar-refractivity contribution in [2.24, 2.45) is 34.0 Å². The second-order valence-corrected chi connectivity index (χ2v) is 9.08. The van der Waals surface area contributed by atoms with Crippen molar-refractivity contribution in [3.63, 3.8) is 0 Å². The molecule has 6 atom stereocenters. The van der Waals surface area contributed by atoms with Crippen LogP contribution < -0.4 is 5.01 Å². The summed E-state index contributed by atoms with van der Waals surface area (Å²) in [4.78, 5) is 0. The Balaban J connectivity index is 1.34. The lowest BCUT2D eigenvalue weighted by Crippen LogP contribution is -2.40. The second kappa shape index (κ2) is 5.56. The number of rotatable bonds is 3. The summed E-state index contributed by atoms with van der Waals surface area (Å²) in [6.45, 7) is 0. The molecule has 3 saturated carbocycles. The highest BCUT2D eigenvalue weighted by Crippen LogP contribution is 2.79. The van der Waals surface area contributed by atoms with E-state index >= 15 is 0 Å². The number of hydrogen-bond donors (Lipinski definition) is 0. The van der Waals surface area contributed by atoms with Crippen LogP contribution in [0.1, 0.15) is 17.5 Å². The molecule has 7 rings (SSSR count). The van der Waals surface area contributed by atoms with Crippen LogP contribution in [0.25, 0.3) is 0 Å². The van der Waals surface area contributed by atoms with Crippen molar-refractivity contribution in [3.05, 3.63) is 102 Å². The van der Waals surface area contributed by atoms with Crippen LogP contribution in [0.5, 0.6) is 0 Å². The van der Waals surface area contributed by atoms with Crippen LogP contribution in [0.2, 0.25) is 0 Å². The first-order valence-corrected chi connectivity index (χ1v) is 10.8. The van der Waals surface area contributed by atoms with Crippen molar-refractivity contribution in [2.75, 3.05) is 5.01 Å². The lowest BCUT2D eigenvalue weighted by atomic mass is 9.78. The van der Waals surface area contributed by atoms with E-state index in [9.17, 15) is 0 Å². The van der Waals surface area contributed by atoms with E-state index < -0.39 is 0 Å². The van der Waals surface area contributed by atoms with Crippen LogP contribution in [-0.2, 0) is 5.41 Å². The molecule has 4 aliphatic rings. The van der Waals surface area contributed by atoms with Gasteiger partial charge in [-0.15, -0.1) is 0 Å². The van der Waals surface area contributed by atoms with E-state index in [1.165, 1.54) is 23.2 Å². The van der Waals surface area contributed by atoms with Crippen molar-refractivity contribution in [1.29, 1.82) is 0 Å². The zero-order chi connectivity index (χ0) is 19.0. The zero-order valence-corrected chi connectivity index (χ0v) is 16.2. The maximum atomic E-state index is 4.82. The smallest absolute Gasteiger partial charge is 0.0988 e. The minimum absolute atomic E-state index is 0.151. The van der Waals surface area contributed by atoms with Crippen LogP contribution in [-0.4, -0.2) is 12.1 Å². The molecule has 2 bridgehead atoms. The standard InChI is InChI=1S/C26H23N3/c1-4-10-17(11-5-1)26(18-12-6-2-7-13-18)22-20-16-21(23(22)26)25-24(20)27-28-29(25)19-14-8-3-9-15-19/h1-15,20-25H,16H2/t20-,21+,22+,23-,24-,25+/m0/s1. The predicted octanol–water partition coefficient (Wildman–Crippen LogP) is 5.49. The monoisotopic (exact) mass is 377 g/mol. The molecule has 3 aliphatic carbocycles. The molecule has 3 nitrogen and oxygen atoms in total. The van der Waals surface area contributed by atoms with Gasteiger partial charge in [0, 0.05) is 5.41 Å². The highest BCUT2D eigenvalue weighted by molar-refractivity contribution is 5.56. The van der Waals surface area contributed by atoms with E-state index in [0.29, 0.717) is 35.8 Å². The van der Waals surface area contributed by atoms with Gasteiger partial charge in [0.2, 0.25) is 0 Å². The molecule has 0 spiro atoms. The molecule has 0 saturated heterocycles. The van der Waals surface area contributed by atoms with Crippen LogP contribution >= 0.6 is 0 Å². The minimum atomic E-state index is 0.151. The topological polar surface area (TPSA) is 28.0 Å². The fraction of sp³-hybridized carbons (Fsp3) is 0.308. The quantitative estimate of drug-likeness (QED) is 0.593. The summed E-state index contributed by atoms with van der Waals surface area (Å²) >= 11 is 0. The number of benzene rings is 3. The van der Waals surface area contributed by atoms with Crippen molar-refractivity contribution < 1.29 is 0 Å². The van der Waals surface area contributed by atoms with Crippen LogP contribution in [0.3, 0.4) is 0 Å². The molecule has 3 heteroatoms. The van der Waals surface area contributed by atoms with E-state index in [4.69, 9.17) is 5.11 Å². The van der Waals surface area contributed by atoms with Gasteiger partial charge in [-0.3, -0.25) is 0 Å². The Labute approximate surface area is 171 Å². The van der Waals surface area contributed by atoms with Crippen LogP contribution in [0.15, 0.2) is 101 Å². The lowest BCUT2D eigenvalue weighted by molar-refractivity contribution is 0.366. The molecule has 0 aromatic heterocycles. The Morgan fingerprint density at radius 2 is 1.24 bits per heavy atom. The SMILES string of the molecule is c1ccc(N2N=N[C@H]3[C@H]4C[C@@H]([C@H]32)[C@H]2[C@@H]4C2(c2ccccc2)c2ccccc2)cc1. The Hall–Kier alpha value is -2.94. The third kappa shape index (κ3) is 1.89. The Kier molecular flexibility index (Phi) is 3.06. The number of hydrogen-bond acceptors (Lipinski definition) is 3. The molecular weight excluding hydrogens is 354 g/mol. The highest BCUT2D eigenvalue weighted by Gasteiger charge is 2.81. The average molecular weight is 377 g/mol. The van der Waals surface area contributed by atoms with Gasteiger partial charge < -0.3 is 0 Å². The molecule has 0 unspecified atom stereocenters. The van der Waals surface area contributed by atoms with Gasteiger partial charge in [-0.25, -0.2) is 5.01 Å². The largest absolute Gasteiger partial charge is 0.242 e. The maximum absolute atomic E-state index is 4.82. The van der Waals surface area contributed by atoms with Gasteiger partial charge in [-0.1, -0.05) is 84.1 Å². The first kappa shape index (κ1) is 15.9. The Bertz CT molecular complexity index is 1040. The first-order chi connectivity index (χ1) is 14.4. The number of anilines is 1. The van der Waals surface area contributed by atoms with E-state index in [1.54, 1.807) is 0 Å². The Morgan fingerprint density at radius 1 is 0.690 bits per heavy atom. The normalized spacial score (nSPS) is 34.8. The molecule has 142 valence electrons. The van der Waals surface area contributed by atoms with E-state index in [1.807, 2.05) is 0 Å². The van der Waals surface area contributed by atoms with Crippen molar-refractivity contribution in [3.8, 4) is 0 Å². The summed E-state index contributed by atoms with van der Waals surface area (Å²) in [5.41, 5.74) is 4.30. The van der Waals surface area contributed by atoms with Crippen LogP contribution in [0.4, 0.5) is 5.69 Å².